The Hall–Kier alpha value is -3.35. The zero-order chi connectivity index (χ0) is 19.1. The number of rotatable bonds is 6. The maximum Gasteiger partial charge on any atom is 0.339 e. The number of ether oxygens (including phenoxy) is 2. The van der Waals surface area contributed by atoms with Gasteiger partial charge in [0.1, 0.15) is 12.3 Å². The summed E-state index contributed by atoms with van der Waals surface area (Å²) >= 11 is 0. The van der Waals surface area contributed by atoms with Gasteiger partial charge >= 0.3 is 5.97 Å². The largest absolute Gasteiger partial charge is 0.497 e. The van der Waals surface area contributed by atoms with Gasteiger partial charge in [0, 0.05) is 18.7 Å². The number of hydrogen-bond donors (Lipinski definition) is 1. The Kier molecular flexibility index (Phi) is 6.32. The summed E-state index contributed by atoms with van der Waals surface area (Å²) in [6.07, 6.45) is 0. The average molecular weight is 356 g/mol. The average Bonchev–Trinajstić information content (AvgIpc) is 2.65. The number of amides is 2. The molecule has 0 fully saturated rings. The number of anilines is 2. The van der Waals surface area contributed by atoms with E-state index in [4.69, 9.17) is 9.47 Å². The van der Waals surface area contributed by atoms with E-state index in [1.807, 2.05) is 0 Å². The molecule has 2 rings (SSSR count). The van der Waals surface area contributed by atoms with E-state index in [9.17, 15) is 14.4 Å². The molecule has 1 N–H and O–H groups in total. The highest BCUT2D eigenvalue weighted by Crippen LogP contribution is 2.21. The van der Waals surface area contributed by atoms with Gasteiger partial charge in [-0.3, -0.25) is 9.59 Å². The Balaban J connectivity index is 2.19. The van der Waals surface area contributed by atoms with Crippen LogP contribution in [0, 0.1) is 0 Å². The second-order valence-corrected chi connectivity index (χ2v) is 5.39. The summed E-state index contributed by atoms with van der Waals surface area (Å²) in [5.41, 5.74) is 1.09. The Morgan fingerprint density at radius 1 is 1.04 bits per heavy atom. The van der Waals surface area contributed by atoms with Crippen molar-refractivity contribution in [2.45, 2.75) is 6.92 Å². The first-order chi connectivity index (χ1) is 12.5. The van der Waals surface area contributed by atoms with Crippen LogP contribution in [-0.2, 0) is 14.3 Å². The molecule has 0 saturated heterocycles. The number of hydrogen-bond acceptors (Lipinski definition) is 5. The maximum absolute atomic E-state index is 12.4. The van der Waals surface area contributed by atoms with Crippen molar-refractivity contribution in [2.75, 3.05) is 31.0 Å². The molecule has 7 nitrogen and oxygen atoms in total. The first-order valence-electron chi connectivity index (χ1n) is 7.85. The molecular weight excluding hydrogens is 336 g/mol. The molecule has 0 aliphatic carbocycles. The van der Waals surface area contributed by atoms with Crippen LogP contribution < -0.4 is 15.0 Å². The lowest BCUT2D eigenvalue weighted by Crippen LogP contribution is -2.36. The first kappa shape index (κ1) is 19.0. The van der Waals surface area contributed by atoms with Gasteiger partial charge in [-0.05, 0) is 24.3 Å². The van der Waals surface area contributed by atoms with E-state index < -0.39 is 11.9 Å². The molecule has 0 aliphatic rings. The second kappa shape index (κ2) is 8.66. The first-order valence-corrected chi connectivity index (χ1v) is 7.85. The molecule has 0 radical (unpaired) electrons. The molecule has 0 aromatic heterocycles. The van der Waals surface area contributed by atoms with Gasteiger partial charge < -0.3 is 19.7 Å². The molecule has 0 unspecified atom stereocenters. The highest BCUT2D eigenvalue weighted by molar-refractivity contribution is 6.05. The standard InChI is InChI=1S/C19H20N2O5/c1-13(22)21(14-7-6-8-15(11-14)25-2)12-18(23)20-17-10-5-4-9-16(17)19(24)26-3/h4-11H,12H2,1-3H3,(H,20,23). The van der Waals surface area contributed by atoms with E-state index in [0.717, 1.165) is 0 Å². The number of nitrogens with one attached hydrogen (secondary N) is 1. The Morgan fingerprint density at radius 2 is 1.77 bits per heavy atom. The molecular formula is C19H20N2O5. The summed E-state index contributed by atoms with van der Waals surface area (Å²) in [7, 11) is 2.79. The summed E-state index contributed by atoms with van der Waals surface area (Å²) < 4.78 is 9.85. The molecule has 0 aliphatic heterocycles. The van der Waals surface area contributed by atoms with Crippen LogP contribution in [0.5, 0.6) is 5.75 Å². The lowest BCUT2D eigenvalue weighted by molar-refractivity contribution is -0.120. The van der Waals surface area contributed by atoms with Crippen molar-refractivity contribution in [3.8, 4) is 5.75 Å². The number of benzene rings is 2. The summed E-state index contributed by atoms with van der Waals surface area (Å²) in [6.45, 7) is 1.16. The van der Waals surface area contributed by atoms with Crippen LogP contribution in [0.2, 0.25) is 0 Å². The predicted molar refractivity (Wildman–Crippen MR) is 97.4 cm³/mol. The van der Waals surface area contributed by atoms with Crippen LogP contribution in [0.15, 0.2) is 48.5 Å². The van der Waals surface area contributed by atoms with Gasteiger partial charge in [0.05, 0.1) is 25.5 Å². The Morgan fingerprint density at radius 3 is 2.42 bits per heavy atom. The lowest BCUT2D eigenvalue weighted by Gasteiger charge is -2.21. The van der Waals surface area contributed by atoms with Crippen molar-refractivity contribution in [1.29, 1.82) is 0 Å². The number of carbonyl (C=O) groups excluding carboxylic acids is 3. The number of nitrogens with zero attached hydrogens (tertiary/aromatic N) is 1. The number of methoxy groups -OCH3 is 2. The highest BCUT2D eigenvalue weighted by atomic mass is 16.5. The van der Waals surface area contributed by atoms with E-state index in [0.29, 0.717) is 17.1 Å². The van der Waals surface area contributed by atoms with Gasteiger partial charge in [-0.1, -0.05) is 18.2 Å². The molecule has 0 saturated carbocycles. The molecule has 0 spiro atoms. The third-order valence-corrected chi connectivity index (χ3v) is 3.65. The van der Waals surface area contributed by atoms with Gasteiger partial charge in [-0.15, -0.1) is 0 Å². The smallest absolute Gasteiger partial charge is 0.339 e. The minimum absolute atomic E-state index is 0.210. The topological polar surface area (TPSA) is 84.9 Å². The molecule has 0 atom stereocenters. The van der Waals surface area contributed by atoms with E-state index >= 15 is 0 Å². The van der Waals surface area contributed by atoms with Crippen LogP contribution in [0.3, 0.4) is 0 Å². The lowest BCUT2D eigenvalue weighted by atomic mass is 10.2. The fourth-order valence-corrected chi connectivity index (χ4v) is 2.38. The van der Waals surface area contributed by atoms with E-state index in [2.05, 4.69) is 5.32 Å². The third kappa shape index (κ3) is 4.60. The minimum atomic E-state index is -0.558. The highest BCUT2D eigenvalue weighted by Gasteiger charge is 2.18. The number of para-hydroxylation sites is 1. The predicted octanol–water partition coefficient (Wildman–Crippen LogP) is 2.47. The van der Waals surface area contributed by atoms with Gasteiger partial charge in [0.15, 0.2) is 0 Å². The molecule has 136 valence electrons. The van der Waals surface area contributed by atoms with E-state index in [1.165, 1.54) is 26.0 Å². The van der Waals surface area contributed by atoms with Gasteiger partial charge in [-0.2, -0.15) is 0 Å². The van der Waals surface area contributed by atoms with Crippen molar-refractivity contribution in [3.63, 3.8) is 0 Å². The minimum Gasteiger partial charge on any atom is -0.497 e. The summed E-state index contributed by atoms with van der Waals surface area (Å²) in [5.74, 6) is -0.726. The molecule has 0 heterocycles. The Labute approximate surface area is 151 Å². The summed E-state index contributed by atoms with van der Waals surface area (Å²) in [4.78, 5) is 37.5. The molecule has 7 heteroatoms. The van der Waals surface area contributed by atoms with E-state index in [-0.39, 0.29) is 18.0 Å². The van der Waals surface area contributed by atoms with Gasteiger partial charge in [0.2, 0.25) is 11.8 Å². The quantitative estimate of drug-likeness (QED) is 0.804. The fourth-order valence-electron chi connectivity index (χ4n) is 2.38. The van der Waals surface area contributed by atoms with Crippen molar-refractivity contribution in [3.05, 3.63) is 54.1 Å². The van der Waals surface area contributed by atoms with Gasteiger partial charge in [-0.25, -0.2) is 4.79 Å². The number of esters is 1. The zero-order valence-electron chi connectivity index (χ0n) is 14.8. The van der Waals surface area contributed by atoms with Crippen LogP contribution >= 0.6 is 0 Å². The number of carbonyl (C=O) groups is 3. The zero-order valence-corrected chi connectivity index (χ0v) is 14.8. The van der Waals surface area contributed by atoms with Crippen molar-refractivity contribution in [2.24, 2.45) is 0 Å². The molecule has 26 heavy (non-hydrogen) atoms. The van der Waals surface area contributed by atoms with E-state index in [1.54, 1.807) is 48.5 Å². The molecule has 2 aromatic carbocycles. The third-order valence-electron chi connectivity index (χ3n) is 3.65. The van der Waals surface area contributed by atoms with Crippen molar-refractivity contribution < 1.29 is 23.9 Å². The maximum atomic E-state index is 12.4. The van der Waals surface area contributed by atoms with Crippen molar-refractivity contribution in [1.82, 2.24) is 0 Å². The Bertz CT molecular complexity index is 819. The molecule has 2 amide bonds. The molecule has 0 bridgehead atoms. The fraction of sp³-hybridized carbons (Fsp3) is 0.211. The summed E-state index contributed by atoms with van der Waals surface area (Å²) in [6, 6.07) is 13.3. The van der Waals surface area contributed by atoms with Crippen LogP contribution in [-0.4, -0.2) is 38.5 Å². The van der Waals surface area contributed by atoms with Crippen LogP contribution in [0.4, 0.5) is 11.4 Å². The second-order valence-electron chi connectivity index (χ2n) is 5.39. The van der Waals surface area contributed by atoms with Gasteiger partial charge in [0.25, 0.3) is 0 Å². The van der Waals surface area contributed by atoms with Crippen molar-refractivity contribution >= 4 is 29.2 Å². The SMILES string of the molecule is COC(=O)c1ccccc1NC(=O)CN(C(C)=O)c1cccc(OC)c1. The van der Waals surface area contributed by atoms with Crippen LogP contribution in [0.1, 0.15) is 17.3 Å². The normalized spacial score (nSPS) is 9.96. The molecule has 2 aromatic rings. The monoisotopic (exact) mass is 356 g/mol. The van der Waals surface area contributed by atoms with Crippen LogP contribution in [0.25, 0.3) is 0 Å². The summed E-state index contributed by atoms with van der Waals surface area (Å²) in [5, 5.41) is 2.64.